The van der Waals surface area contributed by atoms with Crippen molar-refractivity contribution < 1.29 is 0 Å². The van der Waals surface area contributed by atoms with Crippen LogP contribution in [0.15, 0.2) is 0 Å². The summed E-state index contributed by atoms with van der Waals surface area (Å²) < 4.78 is 0. The average molecular weight is 201 g/mol. The number of hydrogen-bond donors (Lipinski definition) is 0. The van der Waals surface area contributed by atoms with Gasteiger partial charge in [0.25, 0.3) is 0 Å². The van der Waals surface area contributed by atoms with E-state index in [1.165, 1.54) is 0 Å². The molecule has 0 fully saturated rings. The lowest BCUT2D eigenvalue weighted by Crippen LogP contribution is -2.15. The second-order valence-corrected chi connectivity index (χ2v) is 3.65. The first kappa shape index (κ1) is 10.2. The monoisotopic (exact) mass is 200 g/mol. The fraction of sp³-hybridized carbons (Fsp3) is 0.625. The highest BCUT2D eigenvalue weighted by molar-refractivity contribution is 6.28. The van der Waals surface area contributed by atoms with Crippen LogP contribution in [0.25, 0.3) is 0 Å². The van der Waals surface area contributed by atoms with Gasteiger partial charge >= 0.3 is 0 Å². The number of rotatable bonds is 2. The number of anilines is 1. The molecule has 0 amide bonds. The molecule has 0 radical (unpaired) electrons. The van der Waals surface area contributed by atoms with Gasteiger partial charge in [-0.15, -0.1) is 0 Å². The van der Waals surface area contributed by atoms with Crippen molar-refractivity contribution in [2.75, 3.05) is 19.0 Å². The molecule has 0 aliphatic heterocycles. The van der Waals surface area contributed by atoms with Gasteiger partial charge in [0, 0.05) is 20.0 Å². The summed E-state index contributed by atoms with van der Waals surface area (Å²) in [6.45, 7) is 4.04. The first-order valence-electron chi connectivity index (χ1n) is 4.09. The van der Waals surface area contributed by atoms with Gasteiger partial charge in [0.15, 0.2) is 0 Å². The maximum absolute atomic E-state index is 5.75. The Hall–Kier alpha value is -0.900. The summed E-state index contributed by atoms with van der Waals surface area (Å²) in [6.07, 6.45) is 0. The van der Waals surface area contributed by atoms with Gasteiger partial charge < -0.3 is 4.90 Å². The number of aromatic nitrogens is 3. The molecule has 0 aromatic carbocycles. The van der Waals surface area contributed by atoms with E-state index in [-0.39, 0.29) is 11.2 Å². The highest BCUT2D eigenvalue weighted by atomic mass is 35.5. The molecule has 13 heavy (non-hydrogen) atoms. The lowest BCUT2D eigenvalue weighted by Gasteiger charge is -2.11. The Morgan fingerprint density at radius 2 is 1.77 bits per heavy atom. The van der Waals surface area contributed by atoms with Crippen molar-refractivity contribution in [3.8, 4) is 0 Å². The summed E-state index contributed by atoms with van der Waals surface area (Å²) in [5, 5.41) is 0.252. The van der Waals surface area contributed by atoms with Gasteiger partial charge in [0.05, 0.1) is 0 Å². The summed E-state index contributed by atoms with van der Waals surface area (Å²) in [7, 11) is 3.74. The fourth-order valence-corrected chi connectivity index (χ4v) is 0.975. The van der Waals surface area contributed by atoms with Crippen LogP contribution in [0.1, 0.15) is 25.6 Å². The van der Waals surface area contributed by atoms with Gasteiger partial charge in [-0.1, -0.05) is 13.8 Å². The zero-order chi connectivity index (χ0) is 10.0. The van der Waals surface area contributed by atoms with Crippen LogP contribution in [-0.2, 0) is 0 Å². The topological polar surface area (TPSA) is 41.9 Å². The lowest BCUT2D eigenvalue weighted by atomic mass is 10.2. The van der Waals surface area contributed by atoms with E-state index in [9.17, 15) is 0 Å². The Balaban J connectivity index is 3.11. The number of hydrogen-bond acceptors (Lipinski definition) is 4. The molecule has 0 N–H and O–H groups in total. The Morgan fingerprint density at radius 3 is 2.23 bits per heavy atom. The molecule has 4 nitrogen and oxygen atoms in total. The minimum Gasteiger partial charge on any atom is -0.347 e. The third-order valence-corrected chi connectivity index (χ3v) is 1.70. The second kappa shape index (κ2) is 3.87. The van der Waals surface area contributed by atoms with Crippen molar-refractivity contribution >= 4 is 17.5 Å². The first-order chi connectivity index (χ1) is 6.00. The van der Waals surface area contributed by atoms with E-state index in [1.54, 1.807) is 4.90 Å². The zero-order valence-corrected chi connectivity index (χ0v) is 9.00. The Bertz CT molecular complexity index is 272. The average Bonchev–Trinajstić information content (AvgIpc) is 2.03. The molecule has 0 atom stereocenters. The van der Waals surface area contributed by atoms with Crippen molar-refractivity contribution in [2.45, 2.75) is 19.8 Å². The van der Waals surface area contributed by atoms with Gasteiger partial charge in [-0.2, -0.15) is 9.97 Å². The van der Waals surface area contributed by atoms with E-state index >= 15 is 0 Å². The van der Waals surface area contributed by atoms with Crippen LogP contribution in [0, 0.1) is 0 Å². The third-order valence-electron chi connectivity index (χ3n) is 1.53. The molecule has 0 aliphatic rings. The standard InChI is InChI=1S/C8H13ClN4/c1-5(2)6-10-7(9)12-8(11-6)13(3)4/h5H,1-4H3. The molecule has 0 unspecified atom stereocenters. The predicted molar refractivity (Wildman–Crippen MR) is 53.3 cm³/mol. The Morgan fingerprint density at radius 1 is 1.15 bits per heavy atom. The lowest BCUT2D eigenvalue weighted by molar-refractivity contribution is 0.754. The molecular weight excluding hydrogens is 188 g/mol. The smallest absolute Gasteiger partial charge is 0.229 e. The summed E-state index contributed by atoms with van der Waals surface area (Å²) in [6, 6.07) is 0. The Kier molecular flexibility index (Phi) is 3.03. The molecule has 0 spiro atoms. The molecule has 1 rings (SSSR count). The largest absolute Gasteiger partial charge is 0.347 e. The maximum atomic E-state index is 5.75. The van der Waals surface area contributed by atoms with Crippen LogP contribution in [0.5, 0.6) is 0 Å². The van der Waals surface area contributed by atoms with Crippen molar-refractivity contribution in [2.24, 2.45) is 0 Å². The van der Waals surface area contributed by atoms with E-state index < -0.39 is 0 Å². The van der Waals surface area contributed by atoms with E-state index in [1.807, 2.05) is 27.9 Å². The highest BCUT2D eigenvalue weighted by Crippen LogP contribution is 2.14. The van der Waals surface area contributed by atoms with Crippen LogP contribution >= 0.6 is 11.6 Å². The molecule has 0 bridgehead atoms. The van der Waals surface area contributed by atoms with Crippen LogP contribution in [-0.4, -0.2) is 29.0 Å². The van der Waals surface area contributed by atoms with Crippen LogP contribution < -0.4 is 4.90 Å². The summed E-state index contributed by atoms with van der Waals surface area (Å²) in [5.41, 5.74) is 0. The molecule has 0 saturated carbocycles. The summed E-state index contributed by atoms with van der Waals surface area (Å²) in [4.78, 5) is 14.1. The van der Waals surface area contributed by atoms with Crippen LogP contribution in [0.4, 0.5) is 5.95 Å². The number of halogens is 1. The van der Waals surface area contributed by atoms with Crippen molar-refractivity contribution in [1.29, 1.82) is 0 Å². The second-order valence-electron chi connectivity index (χ2n) is 3.31. The van der Waals surface area contributed by atoms with Gasteiger partial charge in [-0.25, -0.2) is 4.98 Å². The Labute approximate surface area is 83.0 Å². The van der Waals surface area contributed by atoms with Gasteiger partial charge in [0.2, 0.25) is 11.2 Å². The molecule has 0 aliphatic carbocycles. The van der Waals surface area contributed by atoms with Crippen LogP contribution in [0.3, 0.4) is 0 Å². The maximum Gasteiger partial charge on any atom is 0.229 e. The normalized spacial score (nSPS) is 10.6. The van der Waals surface area contributed by atoms with Gasteiger partial charge in [0.1, 0.15) is 5.82 Å². The fourth-order valence-electron chi connectivity index (χ4n) is 0.813. The minimum atomic E-state index is 0.252. The van der Waals surface area contributed by atoms with Crippen LogP contribution in [0.2, 0.25) is 5.28 Å². The van der Waals surface area contributed by atoms with E-state index in [4.69, 9.17) is 11.6 Å². The predicted octanol–water partition coefficient (Wildman–Crippen LogP) is 1.71. The molecule has 5 heteroatoms. The van der Waals surface area contributed by atoms with Crippen molar-refractivity contribution in [3.63, 3.8) is 0 Å². The molecule has 1 aromatic rings. The summed E-state index contributed by atoms with van der Waals surface area (Å²) in [5.74, 6) is 1.59. The SMILES string of the molecule is CC(C)c1nc(Cl)nc(N(C)C)n1. The summed E-state index contributed by atoms with van der Waals surface area (Å²) >= 11 is 5.75. The minimum absolute atomic E-state index is 0.252. The molecule has 1 aromatic heterocycles. The van der Waals surface area contributed by atoms with E-state index in [0.717, 1.165) is 5.82 Å². The number of nitrogens with zero attached hydrogens (tertiary/aromatic N) is 4. The van der Waals surface area contributed by atoms with Crippen molar-refractivity contribution in [1.82, 2.24) is 15.0 Å². The van der Waals surface area contributed by atoms with E-state index in [0.29, 0.717) is 5.95 Å². The molecule has 72 valence electrons. The van der Waals surface area contributed by atoms with E-state index in [2.05, 4.69) is 15.0 Å². The quantitative estimate of drug-likeness (QED) is 0.729. The molecular formula is C8H13ClN4. The zero-order valence-electron chi connectivity index (χ0n) is 8.24. The molecule has 0 saturated heterocycles. The van der Waals surface area contributed by atoms with Crippen molar-refractivity contribution in [3.05, 3.63) is 11.1 Å². The van der Waals surface area contributed by atoms with Gasteiger partial charge in [-0.05, 0) is 11.6 Å². The highest BCUT2D eigenvalue weighted by Gasteiger charge is 2.08. The first-order valence-corrected chi connectivity index (χ1v) is 4.47. The third kappa shape index (κ3) is 2.52. The van der Waals surface area contributed by atoms with Gasteiger partial charge in [-0.3, -0.25) is 0 Å². The molecule has 1 heterocycles.